The highest BCUT2D eigenvalue weighted by molar-refractivity contribution is 5.89. The summed E-state index contributed by atoms with van der Waals surface area (Å²) in [5, 5.41) is 7.28. The smallest absolute Gasteiger partial charge is 0.226 e. The zero-order chi connectivity index (χ0) is 14.8. The number of pyridine rings is 1. The molecule has 2 aromatic rings. The van der Waals surface area contributed by atoms with Crippen LogP contribution in [0.15, 0.2) is 6.07 Å². The molecule has 3 rings (SSSR count). The lowest BCUT2D eigenvalue weighted by molar-refractivity contribution is 0.0371. The zero-order valence-corrected chi connectivity index (χ0v) is 12.3. The molecule has 1 saturated heterocycles. The average molecular weight is 288 g/mol. The minimum absolute atomic E-state index is 0.117. The van der Waals surface area contributed by atoms with E-state index < -0.39 is 0 Å². The zero-order valence-electron chi connectivity index (χ0n) is 12.3. The lowest BCUT2D eigenvalue weighted by Crippen LogP contribution is -2.42. The van der Waals surface area contributed by atoms with Gasteiger partial charge in [0.15, 0.2) is 5.65 Å². The van der Waals surface area contributed by atoms with Crippen LogP contribution in [0.2, 0.25) is 0 Å². The predicted molar refractivity (Wildman–Crippen MR) is 82.3 cm³/mol. The van der Waals surface area contributed by atoms with E-state index in [4.69, 9.17) is 10.5 Å². The summed E-state index contributed by atoms with van der Waals surface area (Å²) in [5.41, 5.74) is 8.63. The van der Waals surface area contributed by atoms with Crippen LogP contribution in [-0.2, 0) is 4.74 Å². The number of anilines is 2. The standard InChI is InChI=1S/C14H20N6O/c1-8-5-9(2)18-13-11(8)12(15)19-14(20-13)17-7-10-6-16-3-4-21-10/h5,10,16H,3-4,6-7H2,1-2H3,(H3,15,17,18,19,20). The molecule has 0 saturated carbocycles. The molecular weight excluding hydrogens is 268 g/mol. The van der Waals surface area contributed by atoms with Gasteiger partial charge in [0.2, 0.25) is 5.95 Å². The molecule has 0 amide bonds. The van der Waals surface area contributed by atoms with E-state index >= 15 is 0 Å². The van der Waals surface area contributed by atoms with Gasteiger partial charge in [-0.1, -0.05) is 0 Å². The first kappa shape index (κ1) is 14.0. The summed E-state index contributed by atoms with van der Waals surface area (Å²) < 4.78 is 5.63. The Labute approximate surface area is 123 Å². The SMILES string of the molecule is Cc1cc(C)c2c(N)nc(NCC3CNCCO3)nc2n1. The normalized spacial score (nSPS) is 18.9. The third-order valence-corrected chi connectivity index (χ3v) is 3.51. The molecule has 3 heterocycles. The monoisotopic (exact) mass is 288 g/mol. The summed E-state index contributed by atoms with van der Waals surface area (Å²) in [4.78, 5) is 13.2. The molecule has 1 atom stereocenters. The second-order valence-corrected chi connectivity index (χ2v) is 5.29. The van der Waals surface area contributed by atoms with Crippen LogP contribution in [0.4, 0.5) is 11.8 Å². The number of ether oxygens (including phenoxy) is 1. The van der Waals surface area contributed by atoms with Crippen molar-refractivity contribution in [2.24, 2.45) is 0 Å². The third kappa shape index (κ3) is 3.03. The lowest BCUT2D eigenvalue weighted by Gasteiger charge is -2.23. The molecule has 0 radical (unpaired) electrons. The van der Waals surface area contributed by atoms with Gasteiger partial charge in [-0.15, -0.1) is 0 Å². The van der Waals surface area contributed by atoms with Crippen LogP contribution < -0.4 is 16.4 Å². The Morgan fingerprint density at radius 3 is 3.00 bits per heavy atom. The number of nitrogens with one attached hydrogen (secondary N) is 2. The van der Waals surface area contributed by atoms with Gasteiger partial charge in [-0.2, -0.15) is 9.97 Å². The number of nitrogen functional groups attached to an aromatic ring is 1. The highest BCUT2D eigenvalue weighted by atomic mass is 16.5. The van der Waals surface area contributed by atoms with Crippen LogP contribution in [-0.4, -0.2) is 47.3 Å². The molecule has 4 N–H and O–H groups in total. The summed E-state index contributed by atoms with van der Waals surface area (Å²) in [6.45, 7) is 7.03. The first-order valence-electron chi connectivity index (χ1n) is 7.11. The molecular formula is C14H20N6O. The van der Waals surface area contributed by atoms with Gasteiger partial charge in [0.25, 0.3) is 0 Å². The second-order valence-electron chi connectivity index (χ2n) is 5.29. The Kier molecular flexibility index (Phi) is 3.85. The number of aryl methyl sites for hydroxylation is 2. The number of hydrogen-bond acceptors (Lipinski definition) is 7. The van der Waals surface area contributed by atoms with Gasteiger partial charge in [0.1, 0.15) is 5.82 Å². The second kappa shape index (κ2) is 5.79. The quantitative estimate of drug-likeness (QED) is 0.761. The molecule has 0 aliphatic carbocycles. The molecule has 1 fully saturated rings. The predicted octanol–water partition coefficient (Wildman–Crippen LogP) is 0.624. The van der Waals surface area contributed by atoms with Crippen LogP contribution >= 0.6 is 0 Å². The maximum absolute atomic E-state index is 6.04. The van der Waals surface area contributed by atoms with E-state index in [1.54, 1.807) is 0 Å². The molecule has 1 aliphatic rings. The van der Waals surface area contributed by atoms with Gasteiger partial charge in [0, 0.05) is 25.3 Å². The highest BCUT2D eigenvalue weighted by Gasteiger charge is 2.14. The van der Waals surface area contributed by atoms with Crippen molar-refractivity contribution in [2.45, 2.75) is 20.0 Å². The van der Waals surface area contributed by atoms with Crippen molar-refractivity contribution in [3.8, 4) is 0 Å². The Balaban J connectivity index is 1.82. The van der Waals surface area contributed by atoms with Crippen LogP contribution in [0.25, 0.3) is 11.0 Å². The molecule has 21 heavy (non-hydrogen) atoms. The summed E-state index contributed by atoms with van der Waals surface area (Å²) in [5.74, 6) is 0.946. The minimum Gasteiger partial charge on any atom is -0.383 e. The number of fused-ring (bicyclic) bond motifs is 1. The Bertz CT molecular complexity index is 653. The number of morpholine rings is 1. The van der Waals surface area contributed by atoms with Gasteiger partial charge in [-0.25, -0.2) is 4.98 Å². The molecule has 7 nitrogen and oxygen atoms in total. The summed E-state index contributed by atoms with van der Waals surface area (Å²) in [6.07, 6.45) is 0.117. The van der Waals surface area contributed by atoms with E-state index in [1.807, 2.05) is 19.9 Å². The Morgan fingerprint density at radius 2 is 2.24 bits per heavy atom. The van der Waals surface area contributed by atoms with Crippen molar-refractivity contribution < 1.29 is 4.74 Å². The molecule has 0 bridgehead atoms. The number of hydrogen-bond donors (Lipinski definition) is 3. The third-order valence-electron chi connectivity index (χ3n) is 3.51. The van der Waals surface area contributed by atoms with E-state index in [9.17, 15) is 0 Å². The Hall–Kier alpha value is -1.99. The van der Waals surface area contributed by atoms with Crippen molar-refractivity contribution >= 4 is 22.8 Å². The van der Waals surface area contributed by atoms with Crippen molar-refractivity contribution in [2.75, 3.05) is 37.3 Å². The minimum atomic E-state index is 0.117. The molecule has 0 aromatic carbocycles. The number of rotatable bonds is 3. The maximum atomic E-state index is 6.04. The van der Waals surface area contributed by atoms with E-state index in [0.29, 0.717) is 24.0 Å². The van der Waals surface area contributed by atoms with Gasteiger partial charge in [-0.05, 0) is 25.5 Å². The largest absolute Gasteiger partial charge is 0.383 e. The summed E-state index contributed by atoms with van der Waals surface area (Å²) >= 11 is 0. The van der Waals surface area contributed by atoms with Gasteiger partial charge >= 0.3 is 0 Å². The fourth-order valence-electron chi connectivity index (χ4n) is 2.54. The van der Waals surface area contributed by atoms with Crippen LogP contribution in [0, 0.1) is 13.8 Å². The van der Waals surface area contributed by atoms with Gasteiger partial charge in [-0.3, -0.25) is 0 Å². The van der Waals surface area contributed by atoms with Crippen LogP contribution in [0.3, 0.4) is 0 Å². The average Bonchev–Trinajstić information content (AvgIpc) is 2.45. The van der Waals surface area contributed by atoms with Gasteiger partial charge in [0.05, 0.1) is 18.1 Å². The van der Waals surface area contributed by atoms with E-state index in [0.717, 1.165) is 36.3 Å². The number of nitrogens with zero attached hydrogens (tertiary/aromatic N) is 3. The number of aromatic nitrogens is 3. The van der Waals surface area contributed by atoms with Gasteiger partial charge < -0.3 is 21.1 Å². The van der Waals surface area contributed by atoms with Crippen LogP contribution in [0.1, 0.15) is 11.3 Å². The maximum Gasteiger partial charge on any atom is 0.226 e. The number of nitrogens with two attached hydrogens (primary N) is 1. The molecule has 1 unspecified atom stereocenters. The van der Waals surface area contributed by atoms with Crippen molar-refractivity contribution in [1.82, 2.24) is 20.3 Å². The van der Waals surface area contributed by atoms with Crippen molar-refractivity contribution in [3.63, 3.8) is 0 Å². The van der Waals surface area contributed by atoms with Crippen LogP contribution in [0.5, 0.6) is 0 Å². The van der Waals surface area contributed by atoms with E-state index in [2.05, 4.69) is 25.6 Å². The van der Waals surface area contributed by atoms with E-state index in [-0.39, 0.29) is 6.10 Å². The van der Waals surface area contributed by atoms with Crippen molar-refractivity contribution in [3.05, 3.63) is 17.3 Å². The lowest BCUT2D eigenvalue weighted by atomic mass is 10.1. The highest BCUT2D eigenvalue weighted by Crippen LogP contribution is 2.22. The summed E-state index contributed by atoms with van der Waals surface area (Å²) in [7, 11) is 0. The summed E-state index contributed by atoms with van der Waals surface area (Å²) in [6, 6.07) is 1.98. The Morgan fingerprint density at radius 1 is 1.38 bits per heavy atom. The van der Waals surface area contributed by atoms with E-state index in [1.165, 1.54) is 0 Å². The van der Waals surface area contributed by atoms with Crippen molar-refractivity contribution in [1.29, 1.82) is 0 Å². The molecule has 7 heteroatoms. The molecule has 1 aliphatic heterocycles. The molecule has 112 valence electrons. The molecule has 0 spiro atoms. The molecule has 2 aromatic heterocycles. The fourth-order valence-corrected chi connectivity index (χ4v) is 2.54. The topological polar surface area (TPSA) is 98.0 Å². The fraction of sp³-hybridized carbons (Fsp3) is 0.500. The first-order chi connectivity index (χ1) is 10.1. The first-order valence-corrected chi connectivity index (χ1v) is 7.11.